The Bertz CT molecular complexity index is 684. The van der Waals surface area contributed by atoms with E-state index in [2.05, 4.69) is 9.97 Å². The van der Waals surface area contributed by atoms with Crippen molar-refractivity contribution < 1.29 is 14.4 Å². The molecule has 7 nitrogen and oxygen atoms in total. The predicted octanol–water partition coefficient (Wildman–Crippen LogP) is 3.03. The lowest BCUT2D eigenvalue weighted by atomic mass is 10.1. The van der Waals surface area contributed by atoms with Gasteiger partial charge >= 0.3 is 5.69 Å². The van der Waals surface area contributed by atoms with E-state index in [0.717, 1.165) is 0 Å². The molecular formula is C13H12ClN3O4. The van der Waals surface area contributed by atoms with E-state index in [1.54, 1.807) is 18.2 Å². The Labute approximate surface area is 125 Å². The van der Waals surface area contributed by atoms with Gasteiger partial charge in [-0.25, -0.2) is 9.97 Å². The first-order valence-electron chi connectivity index (χ1n) is 5.88. The van der Waals surface area contributed by atoms with Crippen molar-refractivity contribution in [1.29, 1.82) is 0 Å². The van der Waals surface area contributed by atoms with Crippen LogP contribution in [-0.2, 0) is 0 Å². The Morgan fingerprint density at radius 3 is 2.19 bits per heavy atom. The minimum atomic E-state index is -0.535. The second-order valence-corrected chi connectivity index (χ2v) is 4.47. The van der Waals surface area contributed by atoms with Gasteiger partial charge in [0, 0.05) is 11.6 Å². The Hall–Kier alpha value is -2.41. The summed E-state index contributed by atoms with van der Waals surface area (Å²) in [6.07, 6.45) is 0. The molecule has 0 aliphatic rings. The number of methoxy groups -OCH3 is 2. The van der Waals surface area contributed by atoms with Crippen molar-refractivity contribution in [1.82, 2.24) is 9.97 Å². The lowest BCUT2D eigenvalue weighted by molar-refractivity contribution is -0.385. The molecule has 0 aliphatic heterocycles. The second-order valence-electron chi connectivity index (χ2n) is 4.13. The van der Waals surface area contributed by atoms with E-state index in [1.165, 1.54) is 21.1 Å². The van der Waals surface area contributed by atoms with E-state index >= 15 is 0 Å². The van der Waals surface area contributed by atoms with E-state index in [9.17, 15) is 10.1 Å². The topological polar surface area (TPSA) is 87.4 Å². The second kappa shape index (κ2) is 5.92. The highest BCUT2D eigenvalue weighted by molar-refractivity contribution is 6.28. The molecule has 0 atom stereocenters. The molecule has 0 spiro atoms. The molecule has 0 radical (unpaired) electrons. The van der Waals surface area contributed by atoms with Gasteiger partial charge < -0.3 is 9.47 Å². The maximum atomic E-state index is 11.3. The first-order valence-corrected chi connectivity index (χ1v) is 6.26. The number of hydrogen-bond acceptors (Lipinski definition) is 6. The molecule has 21 heavy (non-hydrogen) atoms. The Morgan fingerprint density at radius 1 is 1.14 bits per heavy atom. The van der Waals surface area contributed by atoms with Crippen LogP contribution in [0.25, 0.3) is 11.3 Å². The van der Waals surface area contributed by atoms with Crippen LogP contribution in [0.3, 0.4) is 0 Å². The van der Waals surface area contributed by atoms with Crippen LogP contribution in [0.15, 0.2) is 18.2 Å². The monoisotopic (exact) mass is 309 g/mol. The van der Waals surface area contributed by atoms with E-state index in [1.807, 2.05) is 0 Å². The van der Waals surface area contributed by atoms with Crippen molar-refractivity contribution in [3.8, 4) is 22.8 Å². The highest BCUT2D eigenvalue weighted by atomic mass is 35.5. The standard InChI is InChI=1S/C13H12ClN3O4/c1-7-12(17(18)19)11(16-13(14)15-7)8-4-9(20-2)6-10(5-8)21-3/h4-6H,1-3H3. The first kappa shape index (κ1) is 15.0. The largest absolute Gasteiger partial charge is 0.497 e. The van der Waals surface area contributed by atoms with E-state index < -0.39 is 4.92 Å². The summed E-state index contributed by atoms with van der Waals surface area (Å²) in [5, 5.41) is 11.2. The molecule has 0 unspecified atom stereocenters. The zero-order valence-electron chi connectivity index (χ0n) is 11.6. The molecule has 2 aromatic rings. The highest BCUT2D eigenvalue weighted by Crippen LogP contribution is 2.35. The van der Waals surface area contributed by atoms with Gasteiger partial charge in [0.2, 0.25) is 5.28 Å². The number of aryl methyl sites for hydroxylation is 1. The van der Waals surface area contributed by atoms with Crippen LogP contribution >= 0.6 is 11.6 Å². The fourth-order valence-electron chi connectivity index (χ4n) is 1.90. The molecule has 0 amide bonds. The van der Waals surface area contributed by atoms with Gasteiger partial charge in [0.05, 0.1) is 19.1 Å². The predicted molar refractivity (Wildman–Crippen MR) is 77.0 cm³/mol. The van der Waals surface area contributed by atoms with E-state index in [-0.39, 0.29) is 22.4 Å². The molecule has 0 N–H and O–H groups in total. The summed E-state index contributed by atoms with van der Waals surface area (Å²) in [5.41, 5.74) is 0.575. The molecular weight excluding hydrogens is 298 g/mol. The van der Waals surface area contributed by atoms with Gasteiger partial charge in [-0.2, -0.15) is 0 Å². The van der Waals surface area contributed by atoms with Gasteiger partial charge in [-0.15, -0.1) is 0 Å². The maximum Gasteiger partial charge on any atom is 0.316 e. The third-order valence-electron chi connectivity index (χ3n) is 2.84. The minimum absolute atomic E-state index is 0.0603. The molecule has 0 bridgehead atoms. The van der Waals surface area contributed by atoms with Crippen LogP contribution in [0.5, 0.6) is 11.5 Å². The smallest absolute Gasteiger partial charge is 0.316 e. The van der Waals surface area contributed by atoms with Crippen molar-refractivity contribution in [2.75, 3.05) is 14.2 Å². The number of ether oxygens (including phenoxy) is 2. The van der Waals surface area contributed by atoms with Gasteiger partial charge in [-0.05, 0) is 30.7 Å². The molecule has 1 aromatic heterocycles. The average Bonchev–Trinajstić information content (AvgIpc) is 2.45. The van der Waals surface area contributed by atoms with Gasteiger partial charge in [0.25, 0.3) is 0 Å². The average molecular weight is 310 g/mol. The SMILES string of the molecule is COc1cc(OC)cc(-c2nc(Cl)nc(C)c2[N+](=O)[O-])c1. The fourth-order valence-corrected chi connectivity index (χ4v) is 2.11. The zero-order valence-corrected chi connectivity index (χ0v) is 12.3. The molecule has 0 fully saturated rings. The van der Waals surface area contributed by atoms with E-state index in [0.29, 0.717) is 17.1 Å². The summed E-state index contributed by atoms with van der Waals surface area (Å²) < 4.78 is 10.3. The molecule has 0 aliphatic carbocycles. The fraction of sp³-hybridized carbons (Fsp3) is 0.231. The minimum Gasteiger partial charge on any atom is -0.497 e. The van der Waals surface area contributed by atoms with Crippen LogP contribution in [0.1, 0.15) is 5.69 Å². The van der Waals surface area contributed by atoms with Crippen molar-refractivity contribution in [2.45, 2.75) is 6.92 Å². The first-order chi connectivity index (χ1) is 9.96. The molecule has 2 rings (SSSR count). The molecule has 110 valence electrons. The Morgan fingerprint density at radius 2 is 1.71 bits per heavy atom. The molecule has 8 heteroatoms. The highest BCUT2D eigenvalue weighted by Gasteiger charge is 2.23. The summed E-state index contributed by atoms with van der Waals surface area (Å²) in [6.45, 7) is 1.51. The van der Waals surface area contributed by atoms with Crippen molar-refractivity contribution in [2.24, 2.45) is 0 Å². The molecule has 1 aromatic carbocycles. The maximum absolute atomic E-state index is 11.3. The van der Waals surface area contributed by atoms with Crippen molar-refractivity contribution >= 4 is 17.3 Å². The summed E-state index contributed by atoms with van der Waals surface area (Å²) in [5.74, 6) is 0.983. The van der Waals surface area contributed by atoms with Gasteiger partial charge in [-0.1, -0.05) is 0 Å². The van der Waals surface area contributed by atoms with Crippen molar-refractivity contribution in [3.63, 3.8) is 0 Å². The quantitative estimate of drug-likeness (QED) is 0.490. The van der Waals surface area contributed by atoms with Crippen molar-refractivity contribution in [3.05, 3.63) is 39.3 Å². The summed E-state index contributed by atoms with van der Waals surface area (Å²) >= 11 is 5.82. The van der Waals surface area contributed by atoms with Gasteiger partial charge in [0.15, 0.2) is 5.69 Å². The lowest BCUT2D eigenvalue weighted by Gasteiger charge is -2.09. The molecule has 0 saturated heterocycles. The number of halogens is 1. The number of benzene rings is 1. The van der Waals surface area contributed by atoms with Crippen LogP contribution in [0.2, 0.25) is 5.28 Å². The summed E-state index contributed by atoms with van der Waals surface area (Å²) in [4.78, 5) is 18.5. The molecule has 0 saturated carbocycles. The van der Waals surface area contributed by atoms with Crippen LogP contribution < -0.4 is 9.47 Å². The van der Waals surface area contributed by atoms with E-state index in [4.69, 9.17) is 21.1 Å². The van der Waals surface area contributed by atoms with Crippen LogP contribution in [0.4, 0.5) is 5.69 Å². The third kappa shape index (κ3) is 3.03. The Kier molecular flexibility index (Phi) is 4.23. The lowest BCUT2D eigenvalue weighted by Crippen LogP contribution is -2.01. The van der Waals surface area contributed by atoms with Gasteiger partial charge in [0.1, 0.15) is 17.2 Å². The number of rotatable bonds is 4. The Balaban J connectivity index is 2.74. The van der Waals surface area contributed by atoms with Crippen LogP contribution in [0, 0.1) is 17.0 Å². The van der Waals surface area contributed by atoms with Gasteiger partial charge in [-0.3, -0.25) is 10.1 Å². The van der Waals surface area contributed by atoms with Crippen LogP contribution in [-0.4, -0.2) is 29.1 Å². The third-order valence-corrected chi connectivity index (χ3v) is 3.01. The number of nitrogens with zero attached hydrogens (tertiary/aromatic N) is 3. The number of hydrogen-bond donors (Lipinski definition) is 0. The number of nitro groups is 1. The summed E-state index contributed by atoms with van der Waals surface area (Å²) in [7, 11) is 2.98. The zero-order chi connectivity index (χ0) is 15.6. The molecule has 1 heterocycles. The summed E-state index contributed by atoms with van der Waals surface area (Å²) in [6, 6.07) is 4.90. The number of aromatic nitrogens is 2. The normalized spacial score (nSPS) is 10.3.